The lowest BCUT2D eigenvalue weighted by Gasteiger charge is -2.12. The molecule has 0 saturated carbocycles. The van der Waals surface area contributed by atoms with E-state index < -0.39 is 17.7 Å². The molecular formula is C15H22F2O2. The Labute approximate surface area is 113 Å². The fraction of sp³-hybridized carbons (Fsp3) is 0.600. The van der Waals surface area contributed by atoms with Gasteiger partial charge in [-0.3, -0.25) is 0 Å². The summed E-state index contributed by atoms with van der Waals surface area (Å²) in [5.41, 5.74) is 0.465. The lowest BCUT2D eigenvalue weighted by Crippen LogP contribution is -2.14. The molecular weight excluding hydrogens is 250 g/mol. The van der Waals surface area contributed by atoms with E-state index in [-0.39, 0.29) is 6.42 Å². The van der Waals surface area contributed by atoms with Gasteiger partial charge in [-0.1, -0.05) is 13.8 Å². The topological polar surface area (TPSA) is 29.5 Å². The van der Waals surface area contributed by atoms with Crippen molar-refractivity contribution < 1.29 is 18.6 Å². The third-order valence-electron chi connectivity index (χ3n) is 2.83. The second-order valence-corrected chi connectivity index (χ2v) is 5.22. The number of aliphatic hydroxyl groups is 1. The molecule has 0 aliphatic rings. The van der Waals surface area contributed by atoms with E-state index in [0.717, 1.165) is 12.5 Å². The van der Waals surface area contributed by atoms with Crippen LogP contribution in [-0.2, 0) is 11.2 Å². The fourth-order valence-corrected chi connectivity index (χ4v) is 1.74. The Morgan fingerprint density at radius 1 is 1.05 bits per heavy atom. The van der Waals surface area contributed by atoms with E-state index in [1.165, 1.54) is 12.1 Å². The van der Waals surface area contributed by atoms with Gasteiger partial charge in [0.1, 0.15) is 11.6 Å². The van der Waals surface area contributed by atoms with Gasteiger partial charge in [-0.05, 0) is 42.9 Å². The molecule has 0 fully saturated rings. The van der Waals surface area contributed by atoms with Gasteiger partial charge in [0.25, 0.3) is 0 Å². The van der Waals surface area contributed by atoms with Crippen molar-refractivity contribution in [2.24, 2.45) is 5.92 Å². The van der Waals surface area contributed by atoms with Crippen LogP contribution in [0.3, 0.4) is 0 Å². The smallest absolute Gasteiger partial charge is 0.126 e. The summed E-state index contributed by atoms with van der Waals surface area (Å²) in [6.07, 6.45) is 1.06. The molecule has 0 bridgehead atoms. The van der Waals surface area contributed by atoms with Gasteiger partial charge < -0.3 is 9.84 Å². The lowest BCUT2D eigenvalue weighted by atomic mass is 10.1. The van der Waals surface area contributed by atoms with Gasteiger partial charge in [0.2, 0.25) is 0 Å². The SMILES string of the molecule is CC(C)CCOCCC(O)Cc1cc(F)cc(F)c1. The minimum absolute atomic E-state index is 0.238. The molecule has 4 heteroatoms. The van der Waals surface area contributed by atoms with Gasteiger partial charge in [0, 0.05) is 19.3 Å². The molecule has 0 amide bonds. The molecule has 1 aromatic rings. The summed E-state index contributed by atoms with van der Waals surface area (Å²) in [6, 6.07) is 3.31. The van der Waals surface area contributed by atoms with Crippen LogP contribution in [0.4, 0.5) is 8.78 Å². The van der Waals surface area contributed by atoms with Gasteiger partial charge in [0.15, 0.2) is 0 Å². The highest BCUT2D eigenvalue weighted by Gasteiger charge is 2.08. The van der Waals surface area contributed by atoms with Crippen molar-refractivity contribution in [3.05, 3.63) is 35.4 Å². The third kappa shape index (κ3) is 7.23. The molecule has 0 radical (unpaired) electrons. The monoisotopic (exact) mass is 272 g/mol. The van der Waals surface area contributed by atoms with E-state index in [0.29, 0.717) is 31.1 Å². The summed E-state index contributed by atoms with van der Waals surface area (Å²) in [6.45, 7) is 5.39. The van der Waals surface area contributed by atoms with Gasteiger partial charge in [-0.2, -0.15) is 0 Å². The van der Waals surface area contributed by atoms with Crippen molar-refractivity contribution in [1.82, 2.24) is 0 Å². The largest absolute Gasteiger partial charge is 0.393 e. The van der Waals surface area contributed by atoms with Crippen LogP contribution in [-0.4, -0.2) is 24.4 Å². The van der Waals surface area contributed by atoms with Gasteiger partial charge in [0.05, 0.1) is 6.10 Å². The van der Waals surface area contributed by atoms with Crippen molar-refractivity contribution in [1.29, 1.82) is 0 Å². The molecule has 0 heterocycles. The third-order valence-corrected chi connectivity index (χ3v) is 2.83. The Morgan fingerprint density at radius 3 is 2.21 bits per heavy atom. The standard InChI is InChI=1S/C15H22F2O2/c1-11(2)3-5-19-6-4-15(18)9-12-7-13(16)10-14(17)8-12/h7-8,10-11,15,18H,3-6,9H2,1-2H3. The highest BCUT2D eigenvalue weighted by Crippen LogP contribution is 2.11. The molecule has 0 spiro atoms. The van der Waals surface area contributed by atoms with E-state index in [4.69, 9.17) is 4.74 Å². The molecule has 0 aliphatic carbocycles. The first-order valence-corrected chi connectivity index (χ1v) is 6.68. The quantitative estimate of drug-likeness (QED) is 0.736. The molecule has 0 saturated heterocycles. The minimum atomic E-state index is -0.639. The fourth-order valence-electron chi connectivity index (χ4n) is 1.74. The number of aliphatic hydroxyl groups excluding tert-OH is 1. The van der Waals surface area contributed by atoms with Gasteiger partial charge in [-0.15, -0.1) is 0 Å². The van der Waals surface area contributed by atoms with Gasteiger partial charge in [-0.25, -0.2) is 8.78 Å². The van der Waals surface area contributed by atoms with E-state index in [9.17, 15) is 13.9 Å². The molecule has 1 atom stereocenters. The highest BCUT2D eigenvalue weighted by atomic mass is 19.1. The van der Waals surface area contributed by atoms with E-state index in [1.807, 2.05) is 0 Å². The van der Waals surface area contributed by atoms with Crippen LogP contribution in [0.5, 0.6) is 0 Å². The second-order valence-electron chi connectivity index (χ2n) is 5.22. The van der Waals surface area contributed by atoms with Crippen LogP contribution in [0.2, 0.25) is 0 Å². The molecule has 0 aliphatic heterocycles. The zero-order valence-corrected chi connectivity index (χ0v) is 11.5. The molecule has 1 unspecified atom stereocenters. The number of hydrogen-bond donors (Lipinski definition) is 1. The normalized spacial score (nSPS) is 12.9. The Hall–Kier alpha value is -1.00. The van der Waals surface area contributed by atoms with Gasteiger partial charge >= 0.3 is 0 Å². The number of halogens is 2. The molecule has 1 N–H and O–H groups in total. The molecule has 108 valence electrons. The summed E-state index contributed by atoms with van der Waals surface area (Å²) in [5, 5.41) is 9.77. The lowest BCUT2D eigenvalue weighted by molar-refractivity contribution is 0.0769. The van der Waals surface area contributed by atoms with Crippen molar-refractivity contribution in [3.8, 4) is 0 Å². The van der Waals surface area contributed by atoms with Crippen molar-refractivity contribution >= 4 is 0 Å². The predicted octanol–water partition coefficient (Wildman–Crippen LogP) is 3.32. The molecule has 2 nitrogen and oxygen atoms in total. The van der Waals surface area contributed by atoms with Crippen LogP contribution < -0.4 is 0 Å². The minimum Gasteiger partial charge on any atom is -0.393 e. The van der Waals surface area contributed by atoms with E-state index in [1.54, 1.807) is 0 Å². The first-order chi connectivity index (χ1) is 8.97. The maximum atomic E-state index is 13.0. The molecule has 0 aromatic heterocycles. The Bertz CT molecular complexity index is 360. The second kappa shape index (κ2) is 8.23. The van der Waals surface area contributed by atoms with Crippen LogP contribution in [0.15, 0.2) is 18.2 Å². The Balaban J connectivity index is 2.25. The van der Waals surface area contributed by atoms with E-state index in [2.05, 4.69) is 13.8 Å². The zero-order chi connectivity index (χ0) is 14.3. The van der Waals surface area contributed by atoms with Crippen molar-refractivity contribution in [2.45, 2.75) is 39.2 Å². The average molecular weight is 272 g/mol. The molecule has 1 aromatic carbocycles. The first-order valence-electron chi connectivity index (χ1n) is 6.68. The number of benzene rings is 1. The summed E-state index contributed by atoms with van der Waals surface area (Å²) in [5.74, 6) is -0.633. The molecule has 1 rings (SSSR count). The van der Waals surface area contributed by atoms with Crippen LogP contribution >= 0.6 is 0 Å². The molecule has 19 heavy (non-hydrogen) atoms. The Kier molecular flexibility index (Phi) is 6.95. The average Bonchev–Trinajstić information content (AvgIpc) is 2.26. The summed E-state index contributed by atoms with van der Waals surface area (Å²) in [7, 11) is 0. The Morgan fingerprint density at radius 2 is 1.63 bits per heavy atom. The maximum Gasteiger partial charge on any atom is 0.126 e. The summed E-state index contributed by atoms with van der Waals surface area (Å²) >= 11 is 0. The summed E-state index contributed by atoms with van der Waals surface area (Å²) in [4.78, 5) is 0. The van der Waals surface area contributed by atoms with Crippen LogP contribution in [0.25, 0.3) is 0 Å². The first kappa shape index (κ1) is 16.1. The van der Waals surface area contributed by atoms with E-state index >= 15 is 0 Å². The maximum absolute atomic E-state index is 13.0. The van der Waals surface area contributed by atoms with Crippen LogP contribution in [0, 0.1) is 17.6 Å². The van der Waals surface area contributed by atoms with Crippen molar-refractivity contribution in [3.63, 3.8) is 0 Å². The number of hydrogen-bond acceptors (Lipinski definition) is 2. The number of ether oxygens (including phenoxy) is 1. The summed E-state index contributed by atoms with van der Waals surface area (Å²) < 4.78 is 31.3. The highest BCUT2D eigenvalue weighted by molar-refractivity contribution is 5.18. The van der Waals surface area contributed by atoms with Crippen molar-refractivity contribution in [2.75, 3.05) is 13.2 Å². The van der Waals surface area contributed by atoms with Crippen LogP contribution in [0.1, 0.15) is 32.3 Å². The predicted molar refractivity (Wildman–Crippen MR) is 71.0 cm³/mol. The number of rotatable bonds is 8. The zero-order valence-electron chi connectivity index (χ0n) is 11.5.